The summed E-state index contributed by atoms with van der Waals surface area (Å²) in [6.07, 6.45) is 5.55. The van der Waals surface area contributed by atoms with Crippen LogP contribution in [-0.4, -0.2) is 28.7 Å². The number of rotatable bonds is 5. The first kappa shape index (κ1) is 19.3. The third-order valence-corrected chi connectivity index (χ3v) is 4.87. The average Bonchev–Trinajstić information content (AvgIpc) is 3.10. The highest BCUT2D eigenvalue weighted by atomic mass is 16.3. The minimum atomic E-state index is -0.776. The van der Waals surface area contributed by atoms with Crippen LogP contribution in [0.1, 0.15) is 27.5 Å². The lowest BCUT2D eigenvalue weighted by molar-refractivity contribution is -0.565. The first-order valence-electron chi connectivity index (χ1n) is 9.74. The van der Waals surface area contributed by atoms with Crippen molar-refractivity contribution in [3.8, 4) is 0 Å². The highest BCUT2D eigenvalue weighted by molar-refractivity contribution is 5.97. The Morgan fingerprint density at radius 2 is 1.50 bits per heavy atom. The molecule has 5 heteroatoms. The second-order valence-corrected chi connectivity index (χ2v) is 6.91. The maximum absolute atomic E-state index is 12.7. The molecular formula is C25H21N3O2. The Morgan fingerprint density at radius 3 is 2.17 bits per heavy atom. The van der Waals surface area contributed by atoms with E-state index >= 15 is 0 Å². The van der Waals surface area contributed by atoms with Crippen molar-refractivity contribution in [2.45, 2.75) is 12.1 Å². The van der Waals surface area contributed by atoms with Crippen LogP contribution in [0.4, 0.5) is 0 Å². The van der Waals surface area contributed by atoms with E-state index in [9.17, 15) is 9.90 Å². The average molecular weight is 395 g/mol. The van der Waals surface area contributed by atoms with E-state index < -0.39 is 12.1 Å². The zero-order valence-electron chi connectivity index (χ0n) is 16.3. The maximum atomic E-state index is 12.7. The Balaban J connectivity index is 1.63. The van der Waals surface area contributed by atoms with Crippen LogP contribution in [0.15, 0.2) is 102 Å². The molecule has 0 aromatic heterocycles. The zero-order valence-corrected chi connectivity index (χ0v) is 16.3. The standard InChI is InChI=1S/C25H21N3O2/c29-24(21-16-8-3-9-17-21)26-22-23(20-14-6-2-7-15-20)28(27-25(22)30)18-10-13-19-11-4-1-5-12-19/h1-18,22-23H,(H-,26,27,29,30)/b13-10+,28-18-/t22-,23-/m1/s1. The smallest absolute Gasteiger partial charge is 0.252 e. The van der Waals surface area contributed by atoms with Gasteiger partial charge in [-0.2, -0.15) is 0 Å². The number of benzene rings is 3. The molecular weight excluding hydrogens is 374 g/mol. The van der Waals surface area contributed by atoms with Crippen LogP contribution in [0.3, 0.4) is 0 Å². The Labute approximate surface area is 175 Å². The second kappa shape index (κ2) is 9.01. The van der Waals surface area contributed by atoms with E-state index in [0.717, 1.165) is 11.1 Å². The van der Waals surface area contributed by atoms with Crippen molar-refractivity contribution < 1.29 is 14.6 Å². The summed E-state index contributed by atoms with van der Waals surface area (Å²) < 4.78 is 1.62. The van der Waals surface area contributed by atoms with Crippen molar-refractivity contribution >= 4 is 24.1 Å². The largest absolute Gasteiger partial charge is 0.856 e. The van der Waals surface area contributed by atoms with Gasteiger partial charge in [0.2, 0.25) is 6.04 Å². The molecule has 2 atom stereocenters. The quantitative estimate of drug-likeness (QED) is 0.675. The minimum absolute atomic E-state index is 0.299. The Morgan fingerprint density at radius 1 is 0.900 bits per heavy atom. The zero-order chi connectivity index (χ0) is 20.8. The number of nitrogens with one attached hydrogen (secondary N) is 1. The molecule has 0 spiro atoms. The third-order valence-electron chi connectivity index (χ3n) is 4.87. The molecule has 1 heterocycles. The molecule has 1 N–H and O–H groups in total. The lowest BCUT2D eigenvalue weighted by Crippen LogP contribution is -2.47. The van der Waals surface area contributed by atoms with Crippen molar-refractivity contribution in [1.29, 1.82) is 0 Å². The molecule has 0 bridgehead atoms. The van der Waals surface area contributed by atoms with Gasteiger partial charge < -0.3 is 10.4 Å². The normalized spacial score (nSPS) is 19.7. The monoisotopic (exact) mass is 395 g/mol. The fraction of sp³-hybridized carbons (Fsp3) is 0.0800. The topological polar surface area (TPSA) is 67.5 Å². The molecule has 5 nitrogen and oxygen atoms in total. The number of amides is 1. The van der Waals surface area contributed by atoms with Gasteiger partial charge >= 0.3 is 0 Å². The van der Waals surface area contributed by atoms with Crippen LogP contribution >= 0.6 is 0 Å². The summed E-state index contributed by atoms with van der Waals surface area (Å²) in [6.45, 7) is 0. The first-order valence-corrected chi connectivity index (χ1v) is 9.74. The van der Waals surface area contributed by atoms with Crippen LogP contribution in [0.25, 0.3) is 6.08 Å². The summed E-state index contributed by atoms with van der Waals surface area (Å²) in [4.78, 5) is 12.7. The number of carbonyl (C=O) groups is 1. The van der Waals surface area contributed by atoms with Crippen molar-refractivity contribution in [3.63, 3.8) is 0 Å². The highest BCUT2D eigenvalue weighted by Gasteiger charge is 2.40. The van der Waals surface area contributed by atoms with E-state index in [1.54, 1.807) is 35.2 Å². The maximum Gasteiger partial charge on any atom is 0.252 e. The molecule has 0 saturated heterocycles. The molecule has 30 heavy (non-hydrogen) atoms. The Hall–Kier alpha value is -3.99. The van der Waals surface area contributed by atoms with Crippen molar-refractivity contribution in [2.75, 3.05) is 0 Å². The van der Waals surface area contributed by atoms with E-state index in [0.29, 0.717) is 5.56 Å². The van der Waals surface area contributed by atoms with Crippen molar-refractivity contribution in [1.82, 2.24) is 5.32 Å². The molecule has 0 unspecified atom stereocenters. The summed E-state index contributed by atoms with van der Waals surface area (Å²) in [5.41, 5.74) is 2.45. The molecule has 0 fully saturated rings. The van der Waals surface area contributed by atoms with Gasteiger partial charge in [0, 0.05) is 17.2 Å². The number of hydrogen-bond acceptors (Lipinski definition) is 3. The summed E-state index contributed by atoms with van der Waals surface area (Å²) in [7, 11) is 0. The first-order chi connectivity index (χ1) is 14.7. The second-order valence-electron chi connectivity index (χ2n) is 6.91. The molecule has 1 amide bonds. The van der Waals surface area contributed by atoms with Crippen LogP contribution in [0.5, 0.6) is 0 Å². The lowest BCUT2D eigenvalue weighted by atomic mass is 9.99. The highest BCUT2D eigenvalue weighted by Crippen LogP contribution is 2.26. The number of hydrazone groups is 1. The number of hydrogen-bond donors (Lipinski definition) is 1. The minimum Gasteiger partial charge on any atom is -0.856 e. The SMILES string of the molecule is O=C(N[C@H]1C([O-])=N/[N+](=C\C=C\c2ccccc2)[C@@H]1c1ccccc1)c1ccccc1. The molecule has 4 rings (SSSR count). The van der Waals surface area contributed by atoms with Gasteiger partial charge in [-0.25, -0.2) is 0 Å². The lowest BCUT2D eigenvalue weighted by Gasteiger charge is -2.20. The van der Waals surface area contributed by atoms with E-state index in [1.807, 2.05) is 78.9 Å². The van der Waals surface area contributed by atoms with Gasteiger partial charge in [-0.05, 0) is 28.9 Å². The third kappa shape index (κ3) is 4.36. The van der Waals surface area contributed by atoms with Gasteiger partial charge in [0.1, 0.15) is 6.04 Å². The van der Waals surface area contributed by atoms with Crippen LogP contribution in [-0.2, 0) is 0 Å². The van der Waals surface area contributed by atoms with Gasteiger partial charge in [-0.15, -0.1) is 0 Å². The molecule has 3 aromatic rings. The summed E-state index contributed by atoms with van der Waals surface area (Å²) in [5, 5.41) is 19.7. The molecule has 0 radical (unpaired) electrons. The van der Waals surface area contributed by atoms with Crippen LogP contribution < -0.4 is 10.4 Å². The van der Waals surface area contributed by atoms with Gasteiger partial charge in [-0.1, -0.05) is 83.5 Å². The van der Waals surface area contributed by atoms with E-state index in [1.165, 1.54) is 0 Å². The Bertz CT molecular complexity index is 1090. The van der Waals surface area contributed by atoms with Crippen molar-refractivity contribution in [3.05, 3.63) is 114 Å². The van der Waals surface area contributed by atoms with Crippen LogP contribution in [0, 0.1) is 0 Å². The van der Waals surface area contributed by atoms with E-state index in [4.69, 9.17) is 0 Å². The molecule has 1 aliphatic heterocycles. The number of allylic oxidation sites excluding steroid dienone is 1. The van der Waals surface area contributed by atoms with Gasteiger partial charge in [-0.3, -0.25) is 4.79 Å². The number of nitrogens with zero attached hydrogens (tertiary/aromatic N) is 2. The summed E-state index contributed by atoms with van der Waals surface area (Å²) in [5.74, 6) is -0.677. The van der Waals surface area contributed by atoms with Gasteiger partial charge in [0.05, 0.1) is 5.90 Å². The molecule has 0 saturated carbocycles. The van der Waals surface area contributed by atoms with E-state index in [-0.39, 0.29) is 11.8 Å². The Kier molecular flexibility index (Phi) is 5.80. The molecule has 3 aromatic carbocycles. The summed E-state index contributed by atoms with van der Waals surface area (Å²) in [6, 6.07) is 27.1. The predicted octanol–water partition coefficient (Wildman–Crippen LogP) is 3.01. The van der Waals surface area contributed by atoms with Gasteiger partial charge in [0.25, 0.3) is 5.91 Å². The fourth-order valence-corrected chi connectivity index (χ4v) is 3.41. The van der Waals surface area contributed by atoms with E-state index in [2.05, 4.69) is 10.4 Å². The van der Waals surface area contributed by atoms with Gasteiger partial charge in [0.15, 0.2) is 6.21 Å². The molecule has 148 valence electrons. The summed E-state index contributed by atoms with van der Waals surface area (Å²) >= 11 is 0. The van der Waals surface area contributed by atoms with Crippen molar-refractivity contribution in [2.24, 2.45) is 5.10 Å². The van der Waals surface area contributed by atoms with Crippen LogP contribution in [0.2, 0.25) is 0 Å². The molecule has 1 aliphatic rings. The number of carbonyl (C=O) groups excluding carboxylic acids is 1. The fourth-order valence-electron chi connectivity index (χ4n) is 3.41. The molecule has 0 aliphatic carbocycles. The predicted molar refractivity (Wildman–Crippen MR) is 116 cm³/mol.